The predicted octanol–water partition coefficient (Wildman–Crippen LogP) is 1.91. The molecule has 102 valence electrons. The lowest BCUT2D eigenvalue weighted by Gasteiger charge is -2.13. The third-order valence-corrected chi connectivity index (χ3v) is 2.96. The maximum atomic E-state index is 11.8. The number of hydrogen-bond acceptors (Lipinski definition) is 4. The summed E-state index contributed by atoms with van der Waals surface area (Å²) in [6.45, 7) is 5.62. The van der Waals surface area contributed by atoms with Crippen molar-refractivity contribution < 1.29 is 9.32 Å². The van der Waals surface area contributed by atoms with Crippen LogP contribution in [0.1, 0.15) is 30.0 Å². The van der Waals surface area contributed by atoms with Crippen molar-refractivity contribution in [1.29, 1.82) is 0 Å². The fraction of sp³-hybridized carbons (Fsp3) is 0.417. The summed E-state index contributed by atoms with van der Waals surface area (Å²) in [6, 6.07) is 1.19. The highest BCUT2D eigenvalue weighted by molar-refractivity contribution is 5.88. The lowest BCUT2D eigenvalue weighted by Crippen LogP contribution is -2.31. The number of carbonyl (C=O) groups excluding carboxylic acids is 1. The summed E-state index contributed by atoms with van der Waals surface area (Å²) in [5.74, 6) is 1.04. The van der Waals surface area contributed by atoms with Gasteiger partial charge in [-0.05, 0) is 20.8 Å². The van der Waals surface area contributed by atoms with Crippen LogP contribution in [0.3, 0.4) is 0 Å². The van der Waals surface area contributed by atoms with Crippen LogP contribution in [0, 0.1) is 13.8 Å². The predicted molar refractivity (Wildman–Crippen MR) is 69.8 cm³/mol. The van der Waals surface area contributed by atoms with Crippen molar-refractivity contribution in [1.82, 2.24) is 20.3 Å². The molecule has 1 unspecified atom stereocenters. The highest BCUT2D eigenvalue weighted by atomic mass is 16.5. The van der Waals surface area contributed by atoms with E-state index in [2.05, 4.69) is 20.9 Å². The summed E-state index contributed by atoms with van der Waals surface area (Å²) in [5.41, 5.74) is 2.00. The Morgan fingerprint density at radius 2 is 2.21 bits per heavy atom. The molecule has 0 saturated carbocycles. The number of anilines is 1. The smallest absolute Gasteiger partial charge is 0.320 e. The highest BCUT2D eigenvalue weighted by Gasteiger charge is 2.15. The van der Waals surface area contributed by atoms with Gasteiger partial charge < -0.3 is 9.84 Å². The summed E-state index contributed by atoms with van der Waals surface area (Å²) in [4.78, 5) is 11.8. The molecule has 7 heteroatoms. The molecule has 0 radical (unpaired) electrons. The Bertz CT molecular complexity index is 587. The van der Waals surface area contributed by atoms with Crippen LogP contribution in [-0.4, -0.2) is 21.0 Å². The van der Waals surface area contributed by atoms with Gasteiger partial charge in [-0.1, -0.05) is 5.16 Å². The monoisotopic (exact) mass is 263 g/mol. The van der Waals surface area contributed by atoms with Gasteiger partial charge in [-0.15, -0.1) is 0 Å². The number of aromatic nitrogens is 3. The third kappa shape index (κ3) is 2.93. The Balaban J connectivity index is 1.97. The van der Waals surface area contributed by atoms with Gasteiger partial charge in [0.15, 0.2) is 5.82 Å². The molecule has 2 heterocycles. The zero-order valence-electron chi connectivity index (χ0n) is 11.4. The zero-order chi connectivity index (χ0) is 14.0. The second-order valence-corrected chi connectivity index (χ2v) is 4.45. The summed E-state index contributed by atoms with van der Waals surface area (Å²) in [6.07, 6.45) is 1.75. The maximum absolute atomic E-state index is 11.8. The Hall–Kier alpha value is -2.31. The topological polar surface area (TPSA) is 85.0 Å². The van der Waals surface area contributed by atoms with Crippen LogP contribution < -0.4 is 10.6 Å². The van der Waals surface area contributed by atoms with E-state index in [-0.39, 0.29) is 12.1 Å². The quantitative estimate of drug-likeness (QED) is 0.885. The minimum Gasteiger partial charge on any atom is -0.360 e. The van der Waals surface area contributed by atoms with Gasteiger partial charge in [0.05, 0.1) is 12.2 Å². The second-order valence-electron chi connectivity index (χ2n) is 4.45. The van der Waals surface area contributed by atoms with E-state index in [1.807, 2.05) is 20.9 Å². The molecule has 0 bridgehead atoms. The molecule has 2 amide bonds. The Labute approximate surface area is 111 Å². The normalized spacial score (nSPS) is 12.2. The van der Waals surface area contributed by atoms with Crippen molar-refractivity contribution in [2.45, 2.75) is 26.8 Å². The number of urea groups is 1. The molecule has 19 heavy (non-hydrogen) atoms. The molecule has 0 aromatic carbocycles. The van der Waals surface area contributed by atoms with Crippen LogP contribution in [0.4, 0.5) is 10.6 Å². The second kappa shape index (κ2) is 5.13. The fourth-order valence-corrected chi connectivity index (χ4v) is 1.79. The van der Waals surface area contributed by atoms with Crippen molar-refractivity contribution in [3.8, 4) is 0 Å². The summed E-state index contributed by atoms with van der Waals surface area (Å²) < 4.78 is 6.64. The maximum Gasteiger partial charge on any atom is 0.320 e. The van der Waals surface area contributed by atoms with Crippen LogP contribution in [0.25, 0.3) is 0 Å². The lowest BCUT2D eigenvalue weighted by molar-refractivity contribution is 0.249. The van der Waals surface area contributed by atoms with Crippen molar-refractivity contribution in [2.75, 3.05) is 5.32 Å². The van der Waals surface area contributed by atoms with Gasteiger partial charge in [-0.25, -0.2) is 4.79 Å². The molecular weight excluding hydrogens is 246 g/mol. The fourth-order valence-electron chi connectivity index (χ4n) is 1.79. The number of nitrogens with zero attached hydrogens (tertiary/aromatic N) is 3. The lowest BCUT2D eigenvalue weighted by atomic mass is 10.1. The van der Waals surface area contributed by atoms with E-state index in [0.717, 1.165) is 11.3 Å². The van der Waals surface area contributed by atoms with E-state index in [1.165, 1.54) is 0 Å². The van der Waals surface area contributed by atoms with Gasteiger partial charge in [0.25, 0.3) is 0 Å². The number of rotatable bonds is 3. The average molecular weight is 263 g/mol. The van der Waals surface area contributed by atoms with Gasteiger partial charge in [0, 0.05) is 24.4 Å². The number of nitrogens with one attached hydrogen (secondary N) is 2. The Morgan fingerprint density at radius 3 is 2.74 bits per heavy atom. The van der Waals surface area contributed by atoms with Gasteiger partial charge in [0.2, 0.25) is 0 Å². The number of amides is 2. The minimum absolute atomic E-state index is 0.137. The molecule has 2 rings (SSSR count). The first kappa shape index (κ1) is 13.1. The van der Waals surface area contributed by atoms with Crippen molar-refractivity contribution in [2.24, 2.45) is 7.05 Å². The minimum atomic E-state index is -0.330. The van der Waals surface area contributed by atoms with Crippen LogP contribution in [0.2, 0.25) is 0 Å². The van der Waals surface area contributed by atoms with Crippen LogP contribution in [0.5, 0.6) is 0 Å². The first-order valence-electron chi connectivity index (χ1n) is 5.96. The summed E-state index contributed by atoms with van der Waals surface area (Å²) in [5, 5.41) is 13.3. The molecule has 2 N–H and O–H groups in total. The molecular formula is C12H17N5O2. The molecule has 0 aliphatic rings. The van der Waals surface area contributed by atoms with Crippen LogP contribution >= 0.6 is 0 Å². The molecule has 0 fully saturated rings. The molecule has 2 aromatic rings. The van der Waals surface area contributed by atoms with Crippen molar-refractivity contribution in [3.05, 3.63) is 29.3 Å². The van der Waals surface area contributed by atoms with E-state index >= 15 is 0 Å². The Morgan fingerprint density at radius 1 is 1.47 bits per heavy atom. The largest absolute Gasteiger partial charge is 0.360 e. The molecule has 0 aliphatic heterocycles. The standard InChI is InChI=1S/C12H17N5O2/c1-7-5-11(16-19-7)15-12(18)14-8(2)10-6-13-17(4)9(10)3/h5-6,8H,1-4H3,(H2,14,15,16,18). The van der Waals surface area contributed by atoms with Gasteiger partial charge >= 0.3 is 6.03 Å². The van der Waals surface area contributed by atoms with E-state index < -0.39 is 0 Å². The SMILES string of the molecule is Cc1cc(NC(=O)NC(C)c2cnn(C)c2C)no1. The van der Waals surface area contributed by atoms with Crippen molar-refractivity contribution in [3.63, 3.8) is 0 Å². The van der Waals surface area contributed by atoms with Crippen LogP contribution in [-0.2, 0) is 7.05 Å². The van der Waals surface area contributed by atoms with Crippen LogP contribution in [0.15, 0.2) is 16.8 Å². The first-order chi connectivity index (χ1) is 8.97. The van der Waals surface area contributed by atoms with E-state index in [1.54, 1.807) is 23.9 Å². The summed E-state index contributed by atoms with van der Waals surface area (Å²) in [7, 11) is 1.86. The molecule has 2 aromatic heterocycles. The number of aryl methyl sites for hydroxylation is 2. The third-order valence-electron chi connectivity index (χ3n) is 2.96. The van der Waals surface area contributed by atoms with Gasteiger partial charge in [0.1, 0.15) is 5.76 Å². The highest BCUT2D eigenvalue weighted by Crippen LogP contribution is 2.16. The van der Waals surface area contributed by atoms with Gasteiger partial charge in [-0.3, -0.25) is 10.00 Å². The zero-order valence-corrected chi connectivity index (χ0v) is 11.4. The number of carbonyl (C=O) groups is 1. The average Bonchev–Trinajstić information content (AvgIpc) is 2.87. The first-order valence-corrected chi connectivity index (χ1v) is 5.96. The molecule has 7 nitrogen and oxygen atoms in total. The van der Waals surface area contributed by atoms with E-state index in [0.29, 0.717) is 11.6 Å². The van der Waals surface area contributed by atoms with E-state index in [9.17, 15) is 4.79 Å². The Kier molecular flexibility index (Phi) is 3.55. The van der Waals surface area contributed by atoms with E-state index in [4.69, 9.17) is 4.52 Å². The molecule has 0 saturated heterocycles. The summed E-state index contributed by atoms with van der Waals surface area (Å²) >= 11 is 0. The van der Waals surface area contributed by atoms with Crippen molar-refractivity contribution >= 4 is 11.8 Å². The number of hydrogen-bond donors (Lipinski definition) is 2. The molecule has 0 aliphatic carbocycles. The molecule has 0 spiro atoms. The van der Waals surface area contributed by atoms with Gasteiger partial charge in [-0.2, -0.15) is 5.10 Å². The molecule has 1 atom stereocenters.